The van der Waals surface area contributed by atoms with Gasteiger partial charge in [-0.3, -0.25) is 9.69 Å². The number of guanidine groups is 1. The van der Waals surface area contributed by atoms with Crippen LogP contribution in [-0.4, -0.2) is 73.0 Å². The van der Waals surface area contributed by atoms with E-state index in [0.29, 0.717) is 24.1 Å². The maximum absolute atomic E-state index is 12.6. The Morgan fingerprint density at radius 2 is 2.17 bits per heavy atom. The van der Waals surface area contributed by atoms with Crippen LogP contribution in [0.5, 0.6) is 0 Å². The van der Waals surface area contributed by atoms with E-state index in [1.54, 1.807) is 19.0 Å². The van der Waals surface area contributed by atoms with Crippen molar-refractivity contribution in [2.75, 3.05) is 40.3 Å². The molecule has 0 bridgehead atoms. The summed E-state index contributed by atoms with van der Waals surface area (Å²) in [5.41, 5.74) is -0.877. The van der Waals surface area contributed by atoms with Crippen LogP contribution in [0.2, 0.25) is 0 Å². The molecule has 0 saturated carbocycles. The molecule has 7 nitrogen and oxygen atoms in total. The Balaban J connectivity index is 1.81. The van der Waals surface area contributed by atoms with E-state index in [-0.39, 0.29) is 18.5 Å². The second-order valence-electron chi connectivity index (χ2n) is 7.03. The Morgan fingerprint density at radius 3 is 2.79 bits per heavy atom. The van der Waals surface area contributed by atoms with Crippen molar-refractivity contribution >= 4 is 23.2 Å². The topological polar surface area (TPSA) is 72.9 Å². The van der Waals surface area contributed by atoms with Gasteiger partial charge < -0.3 is 15.5 Å². The Morgan fingerprint density at radius 1 is 1.41 bits per heavy atom. The van der Waals surface area contributed by atoms with Gasteiger partial charge in [-0.1, -0.05) is 0 Å². The summed E-state index contributed by atoms with van der Waals surface area (Å²) in [6.07, 6.45) is -1.68. The first-order chi connectivity index (χ1) is 13.7. The standard InChI is InChI=1S/C18H29F3N6OS/c1-4-22-17(24-11-15-25-14(12-29-15)18(19,20)21)23-8-6-10-27-9-5-7-13(27)16(28)26(2)3/h12-13H,4-11H2,1-3H3,(H2,22,23,24). The predicted molar refractivity (Wildman–Crippen MR) is 108 cm³/mol. The first-order valence-electron chi connectivity index (χ1n) is 9.71. The largest absolute Gasteiger partial charge is 0.434 e. The lowest BCUT2D eigenvalue weighted by Gasteiger charge is -2.26. The summed E-state index contributed by atoms with van der Waals surface area (Å²) in [5, 5.41) is 7.59. The summed E-state index contributed by atoms with van der Waals surface area (Å²) in [4.78, 5) is 24.0. The molecule has 1 aromatic rings. The van der Waals surface area contributed by atoms with Gasteiger partial charge in [0.1, 0.15) is 5.01 Å². The van der Waals surface area contributed by atoms with E-state index in [4.69, 9.17) is 0 Å². The number of nitrogens with one attached hydrogen (secondary N) is 2. The van der Waals surface area contributed by atoms with Crippen LogP contribution in [0.25, 0.3) is 0 Å². The third-order valence-corrected chi connectivity index (χ3v) is 5.40. The molecule has 164 valence electrons. The summed E-state index contributed by atoms with van der Waals surface area (Å²) >= 11 is 0.951. The van der Waals surface area contributed by atoms with Crippen LogP contribution in [0.1, 0.15) is 36.9 Å². The van der Waals surface area contributed by atoms with Gasteiger partial charge in [0.15, 0.2) is 11.7 Å². The Hall–Kier alpha value is -1.88. The molecule has 1 aliphatic heterocycles. The molecule has 0 radical (unpaired) electrons. The number of carbonyl (C=O) groups is 1. The minimum atomic E-state index is -4.43. The summed E-state index contributed by atoms with van der Waals surface area (Å²) in [6, 6.07) is -0.0420. The van der Waals surface area contributed by atoms with Crippen molar-refractivity contribution in [1.29, 1.82) is 0 Å². The molecule has 29 heavy (non-hydrogen) atoms. The fourth-order valence-corrected chi connectivity index (χ4v) is 3.89. The summed E-state index contributed by atoms with van der Waals surface area (Å²) in [7, 11) is 3.55. The number of likely N-dealkylation sites (tertiary alicyclic amines) is 1. The van der Waals surface area contributed by atoms with E-state index in [1.165, 1.54) is 0 Å². The number of amides is 1. The lowest BCUT2D eigenvalue weighted by Crippen LogP contribution is -2.44. The molecule has 1 aliphatic rings. The van der Waals surface area contributed by atoms with Crippen molar-refractivity contribution in [3.05, 3.63) is 16.1 Å². The minimum Gasteiger partial charge on any atom is -0.357 e. The number of aromatic nitrogens is 1. The summed E-state index contributed by atoms with van der Waals surface area (Å²) in [5.74, 6) is 0.686. The number of likely N-dealkylation sites (N-methyl/N-ethyl adjacent to an activating group) is 1. The normalized spacial score (nSPS) is 18.1. The maximum Gasteiger partial charge on any atom is 0.434 e. The molecule has 2 heterocycles. The second-order valence-corrected chi connectivity index (χ2v) is 7.97. The highest BCUT2D eigenvalue weighted by atomic mass is 32.1. The van der Waals surface area contributed by atoms with E-state index in [0.717, 1.165) is 49.1 Å². The van der Waals surface area contributed by atoms with Crippen LogP contribution in [0.3, 0.4) is 0 Å². The van der Waals surface area contributed by atoms with Crippen molar-refractivity contribution in [3.8, 4) is 0 Å². The van der Waals surface area contributed by atoms with E-state index in [9.17, 15) is 18.0 Å². The van der Waals surface area contributed by atoms with E-state index in [2.05, 4.69) is 25.5 Å². The number of aliphatic imine (C=N–C) groups is 1. The zero-order chi connectivity index (χ0) is 21.4. The van der Waals surface area contributed by atoms with Crippen molar-refractivity contribution < 1.29 is 18.0 Å². The second kappa shape index (κ2) is 10.8. The molecular formula is C18H29F3N6OS. The number of hydrogen-bond donors (Lipinski definition) is 2. The van der Waals surface area contributed by atoms with Crippen molar-refractivity contribution in [3.63, 3.8) is 0 Å². The van der Waals surface area contributed by atoms with Gasteiger partial charge in [-0.05, 0) is 32.7 Å². The van der Waals surface area contributed by atoms with Gasteiger partial charge in [0.05, 0.1) is 12.6 Å². The fourth-order valence-electron chi connectivity index (χ4n) is 3.16. The number of carbonyl (C=O) groups excluding carboxylic acids is 1. The molecular weight excluding hydrogens is 405 g/mol. The number of hydrogen-bond acceptors (Lipinski definition) is 5. The van der Waals surface area contributed by atoms with Crippen LogP contribution in [0, 0.1) is 0 Å². The van der Waals surface area contributed by atoms with Gasteiger partial charge in [0.25, 0.3) is 0 Å². The zero-order valence-corrected chi connectivity index (χ0v) is 17.9. The molecule has 2 rings (SSSR count). The first-order valence-corrected chi connectivity index (χ1v) is 10.6. The van der Waals surface area contributed by atoms with Crippen LogP contribution in [0.4, 0.5) is 13.2 Å². The van der Waals surface area contributed by atoms with Crippen molar-refractivity contribution in [2.45, 2.75) is 44.9 Å². The van der Waals surface area contributed by atoms with Crippen LogP contribution >= 0.6 is 11.3 Å². The van der Waals surface area contributed by atoms with E-state index < -0.39 is 11.9 Å². The van der Waals surface area contributed by atoms with Crippen LogP contribution in [0.15, 0.2) is 10.4 Å². The monoisotopic (exact) mass is 434 g/mol. The quantitative estimate of drug-likeness (QED) is 0.373. The predicted octanol–water partition coefficient (Wildman–Crippen LogP) is 2.16. The lowest BCUT2D eigenvalue weighted by molar-refractivity contribution is -0.140. The van der Waals surface area contributed by atoms with Gasteiger partial charge in [0.2, 0.25) is 5.91 Å². The zero-order valence-electron chi connectivity index (χ0n) is 17.1. The van der Waals surface area contributed by atoms with Crippen LogP contribution < -0.4 is 10.6 Å². The van der Waals surface area contributed by atoms with Crippen molar-refractivity contribution in [1.82, 2.24) is 25.4 Å². The summed E-state index contributed by atoms with van der Waals surface area (Å²) in [6.45, 7) is 5.02. The average molecular weight is 435 g/mol. The molecule has 1 saturated heterocycles. The Bertz CT molecular complexity index is 691. The lowest BCUT2D eigenvalue weighted by atomic mass is 10.2. The first kappa shape index (κ1) is 23.4. The molecule has 1 amide bonds. The number of thiazole rings is 1. The Labute approximate surface area is 173 Å². The Kier molecular flexibility index (Phi) is 8.69. The summed E-state index contributed by atoms with van der Waals surface area (Å²) < 4.78 is 37.9. The molecule has 0 aromatic carbocycles. The highest BCUT2D eigenvalue weighted by Crippen LogP contribution is 2.30. The number of halogens is 3. The fraction of sp³-hybridized carbons (Fsp3) is 0.722. The molecule has 0 spiro atoms. The van der Waals surface area contributed by atoms with Gasteiger partial charge >= 0.3 is 6.18 Å². The number of alkyl halides is 3. The van der Waals surface area contributed by atoms with Gasteiger partial charge in [-0.15, -0.1) is 11.3 Å². The third kappa shape index (κ3) is 7.14. The molecule has 1 aromatic heterocycles. The molecule has 11 heteroatoms. The van der Waals surface area contributed by atoms with E-state index in [1.807, 2.05) is 6.92 Å². The third-order valence-electron chi connectivity index (χ3n) is 4.56. The van der Waals surface area contributed by atoms with Gasteiger partial charge in [-0.2, -0.15) is 13.2 Å². The molecule has 2 N–H and O–H groups in total. The smallest absolute Gasteiger partial charge is 0.357 e. The minimum absolute atomic E-state index is 0.0420. The molecule has 1 unspecified atom stereocenters. The van der Waals surface area contributed by atoms with Gasteiger partial charge in [0, 0.05) is 39.1 Å². The average Bonchev–Trinajstić information content (AvgIpc) is 3.31. The highest BCUT2D eigenvalue weighted by molar-refractivity contribution is 7.09. The molecule has 0 aliphatic carbocycles. The van der Waals surface area contributed by atoms with Crippen LogP contribution in [-0.2, 0) is 17.5 Å². The molecule has 1 atom stereocenters. The van der Waals surface area contributed by atoms with Gasteiger partial charge in [-0.25, -0.2) is 9.98 Å². The van der Waals surface area contributed by atoms with Crippen molar-refractivity contribution in [2.24, 2.45) is 4.99 Å². The SMILES string of the molecule is CCNC(=NCc1nc(C(F)(F)F)cs1)NCCCN1CCCC1C(=O)N(C)C. The molecule has 1 fully saturated rings. The number of rotatable bonds is 8. The number of nitrogens with zero attached hydrogens (tertiary/aromatic N) is 4. The maximum atomic E-state index is 12.6. The highest BCUT2D eigenvalue weighted by Gasteiger charge is 2.33. The van der Waals surface area contributed by atoms with E-state index >= 15 is 0 Å².